The Morgan fingerprint density at radius 3 is 2.45 bits per heavy atom. The molecule has 2 unspecified atom stereocenters. The average molecular weight is 447 g/mol. The van der Waals surface area contributed by atoms with Crippen LogP contribution in [0.5, 0.6) is 0 Å². The molecule has 2 N–H and O–H groups in total. The fraction of sp³-hybridized carbons (Fsp3) is 0.647. The lowest BCUT2D eigenvalue weighted by Gasteiger charge is -2.22. The molecule has 1 saturated carbocycles. The van der Waals surface area contributed by atoms with E-state index in [0.717, 1.165) is 44.4 Å². The van der Waals surface area contributed by atoms with Gasteiger partial charge in [0.15, 0.2) is 0 Å². The number of nitrogens with zero attached hydrogens (tertiary/aromatic N) is 2. The Hall–Kier alpha value is -1.76. The van der Waals surface area contributed by atoms with E-state index in [2.05, 4.69) is 10.0 Å². The number of anilines is 1. The second-order valence-electron chi connectivity index (χ2n) is 7.61. The lowest BCUT2D eigenvalue weighted by molar-refractivity contribution is -0.384. The first kappa shape index (κ1) is 21.9. The van der Waals surface area contributed by atoms with Gasteiger partial charge in [0.25, 0.3) is 5.69 Å². The van der Waals surface area contributed by atoms with Crippen molar-refractivity contribution in [1.82, 2.24) is 9.03 Å². The summed E-state index contributed by atoms with van der Waals surface area (Å²) in [6.45, 7) is 1.10. The molecule has 0 spiro atoms. The van der Waals surface area contributed by atoms with Crippen LogP contribution in [0.1, 0.15) is 32.1 Å². The molecule has 2 aliphatic rings. The highest BCUT2D eigenvalue weighted by Gasteiger charge is 2.32. The van der Waals surface area contributed by atoms with Crippen molar-refractivity contribution in [3.05, 3.63) is 28.3 Å². The van der Waals surface area contributed by atoms with Crippen molar-refractivity contribution in [2.45, 2.75) is 43.0 Å². The van der Waals surface area contributed by atoms with E-state index in [1.54, 1.807) is 0 Å². The van der Waals surface area contributed by atoms with Crippen LogP contribution in [0.3, 0.4) is 0 Å². The molecule has 1 saturated heterocycles. The molecule has 0 amide bonds. The van der Waals surface area contributed by atoms with Crippen LogP contribution in [0.25, 0.3) is 0 Å². The van der Waals surface area contributed by atoms with E-state index in [1.165, 1.54) is 16.4 Å². The van der Waals surface area contributed by atoms with E-state index in [9.17, 15) is 26.9 Å². The number of sulfonamides is 2. The fourth-order valence-corrected chi connectivity index (χ4v) is 6.01. The summed E-state index contributed by atoms with van der Waals surface area (Å²) >= 11 is 0. The van der Waals surface area contributed by atoms with Crippen molar-refractivity contribution in [3.63, 3.8) is 0 Å². The monoisotopic (exact) mass is 446 g/mol. The van der Waals surface area contributed by atoms with Gasteiger partial charge in [-0.2, -0.15) is 4.31 Å². The maximum atomic E-state index is 12.7. The lowest BCUT2D eigenvalue weighted by Crippen LogP contribution is -2.35. The van der Waals surface area contributed by atoms with Crippen molar-refractivity contribution < 1.29 is 21.8 Å². The highest BCUT2D eigenvalue weighted by Crippen LogP contribution is 2.34. The number of nitrogens with one attached hydrogen (secondary N) is 2. The first-order valence-electron chi connectivity index (χ1n) is 9.58. The van der Waals surface area contributed by atoms with Crippen LogP contribution in [-0.4, -0.2) is 58.0 Å². The molecule has 29 heavy (non-hydrogen) atoms. The van der Waals surface area contributed by atoms with E-state index in [4.69, 9.17) is 0 Å². The van der Waals surface area contributed by atoms with Gasteiger partial charge in [0.2, 0.25) is 20.0 Å². The Bertz CT molecular complexity index is 974. The SMILES string of the molecule is CS(=O)(=O)NCC1CCCC1Nc1ccc(S(=O)(=O)N2CCCC2)cc1[N+](=O)[O-]. The van der Waals surface area contributed by atoms with Crippen LogP contribution in [0.4, 0.5) is 11.4 Å². The van der Waals surface area contributed by atoms with Crippen molar-refractivity contribution >= 4 is 31.4 Å². The molecule has 0 aromatic heterocycles. The second-order valence-corrected chi connectivity index (χ2v) is 11.4. The molecule has 2 atom stereocenters. The smallest absolute Gasteiger partial charge is 0.293 e. The van der Waals surface area contributed by atoms with Gasteiger partial charge in [-0.05, 0) is 43.7 Å². The lowest BCUT2D eigenvalue weighted by atomic mass is 10.0. The summed E-state index contributed by atoms with van der Waals surface area (Å²) in [5.41, 5.74) is -0.0568. The van der Waals surface area contributed by atoms with Crippen molar-refractivity contribution in [3.8, 4) is 0 Å². The molecule has 0 radical (unpaired) electrons. The molecule has 1 aromatic carbocycles. The van der Waals surface area contributed by atoms with Crippen molar-refractivity contribution in [2.75, 3.05) is 31.2 Å². The van der Waals surface area contributed by atoms with E-state index < -0.39 is 25.0 Å². The Balaban J connectivity index is 1.81. The molecule has 1 aliphatic carbocycles. The van der Waals surface area contributed by atoms with Crippen LogP contribution in [0.15, 0.2) is 23.1 Å². The Labute approximate surface area is 170 Å². The summed E-state index contributed by atoms with van der Waals surface area (Å²) in [7, 11) is -7.07. The zero-order chi connectivity index (χ0) is 21.2. The predicted molar refractivity (Wildman–Crippen MR) is 109 cm³/mol. The van der Waals surface area contributed by atoms with Gasteiger partial charge in [-0.1, -0.05) is 6.42 Å². The molecule has 10 nitrogen and oxygen atoms in total. The summed E-state index contributed by atoms with van der Waals surface area (Å²) in [4.78, 5) is 10.9. The molecular formula is C17H26N4O6S2. The number of benzene rings is 1. The molecule has 1 aromatic rings. The summed E-state index contributed by atoms with van der Waals surface area (Å²) in [6, 6.07) is 3.79. The zero-order valence-electron chi connectivity index (χ0n) is 16.2. The van der Waals surface area contributed by atoms with Gasteiger partial charge in [0, 0.05) is 31.7 Å². The Morgan fingerprint density at radius 1 is 1.14 bits per heavy atom. The third-order valence-corrected chi connectivity index (χ3v) is 8.06. The number of nitro groups is 1. The molecule has 0 bridgehead atoms. The fourth-order valence-electron chi connectivity index (χ4n) is 3.95. The number of hydrogen-bond donors (Lipinski definition) is 2. The third kappa shape index (κ3) is 5.24. The van der Waals surface area contributed by atoms with Crippen molar-refractivity contribution in [1.29, 1.82) is 0 Å². The van der Waals surface area contributed by atoms with Gasteiger partial charge in [0.05, 0.1) is 16.1 Å². The zero-order valence-corrected chi connectivity index (χ0v) is 17.8. The standard InChI is InChI=1S/C17H26N4O6S2/c1-28(24,25)18-12-13-5-4-6-15(13)19-16-8-7-14(11-17(16)21(22)23)29(26,27)20-9-2-3-10-20/h7-8,11,13,15,18-19H,2-6,9-10,12H2,1H3. The van der Waals surface area contributed by atoms with Gasteiger partial charge in [-0.3, -0.25) is 10.1 Å². The van der Waals surface area contributed by atoms with E-state index in [0.29, 0.717) is 13.1 Å². The minimum atomic E-state index is -3.75. The van der Waals surface area contributed by atoms with Crippen molar-refractivity contribution in [2.24, 2.45) is 5.92 Å². The maximum absolute atomic E-state index is 12.7. The normalized spacial score (nSPS) is 23.3. The Morgan fingerprint density at radius 2 is 1.83 bits per heavy atom. The molecular weight excluding hydrogens is 420 g/mol. The molecule has 12 heteroatoms. The first-order chi connectivity index (χ1) is 13.6. The van der Waals surface area contributed by atoms with Gasteiger partial charge in [-0.15, -0.1) is 0 Å². The molecule has 1 aliphatic heterocycles. The minimum Gasteiger partial charge on any atom is -0.376 e. The van der Waals surface area contributed by atoms with Crippen LogP contribution in [0.2, 0.25) is 0 Å². The predicted octanol–water partition coefficient (Wildman–Crippen LogP) is 1.51. The molecule has 1 heterocycles. The number of nitro benzene ring substituents is 1. The van der Waals surface area contributed by atoms with E-state index in [-0.39, 0.29) is 34.8 Å². The topological polar surface area (TPSA) is 139 Å². The molecule has 3 rings (SSSR count). The molecule has 162 valence electrons. The largest absolute Gasteiger partial charge is 0.376 e. The Kier molecular flexibility index (Phi) is 6.46. The van der Waals surface area contributed by atoms with Gasteiger partial charge in [-0.25, -0.2) is 21.6 Å². The van der Waals surface area contributed by atoms with E-state index >= 15 is 0 Å². The summed E-state index contributed by atoms with van der Waals surface area (Å²) < 4.78 is 52.0. The molecule has 2 fully saturated rings. The summed E-state index contributed by atoms with van der Waals surface area (Å²) in [6.07, 6.45) is 5.09. The van der Waals surface area contributed by atoms with Gasteiger partial charge in [0.1, 0.15) is 5.69 Å². The first-order valence-corrected chi connectivity index (χ1v) is 12.9. The maximum Gasteiger partial charge on any atom is 0.293 e. The average Bonchev–Trinajstić information content (AvgIpc) is 3.31. The third-order valence-electron chi connectivity index (χ3n) is 5.48. The van der Waals surface area contributed by atoms with E-state index in [1.807, 2.05) is 0 Å². The van der Waals surface area contributed by atoms with Crippen LogP contribution >= 0.6 is 0 Å². The minimum absolute atomic E-state index is 0.00246. The van der Waals surface area contributed by atoms with Crippen LogP contribution in [0, 0.1) is 16.0 Å². The van der Waals surface area contributed by atoms with Gasteiger partial charge >= 0.3 is 0 Å². The highest BCUT2D eigenvalue weighted by molar-refractivity contribution is 7.89. The number of hydrogen-bond acceptors (Lipinski definition) is 7. The second kappa shape index (κ2) is 8.54. The highest BCUT2D eigenvalue weighted by atomic mass is 32.2. The van der Waals surface area contributed by atoms with Gasteiger partial charge < -0.3 is 5.32 Å². The summed E-state index contributed by atoms with van der Waals surface area (Å²) in [5.74, 6) is -0.00246. The quantitative estimate of drug-likeness (QED) is 0.456. The number of rotatable bonds is 8. The summed E-state index contributed by atoms with van der Waals surface area (Å²) in [5, 5.41) is 14.7. The van der Waals surface area contributed by atoms with Crippen LogP contribution in [-0.2, 0) is 20.0 Å². The van der Waals surface area contributed by atoms with Crippen LogP contribution < -0.4 is 10.0 Å².